The summed E-state index contributed by atoms with van der Waals surface area (Å²) < 4.78 is 5.48. The van der Waals surface area contributed by atoms with Crippen molar-refractivity contribution in [1.82, 2.24) is 5.32 Å². The van der Waals surface area contributed by atoms with E-state index in [0.29, 0.717) is 19.4 Å². The Morgan fingerprint density at radius 1 is 0.397 bits per heavy atom. The number of allylic oxidation sites excluding steroid dienone is 5. The van der Waals surface area contributed by atoms with E-state index in [1.807, 2.05) is 6.08 Å². The van der Waals surface area contributed by atoms with Crippen molar-refractivity contribution < 1.29 is 24.5 Å². The van der Waals surface area contributed by atoms with Crippen molar-refractivity contribution in [2.75, 3.05) is 13.2 Å². The maximum atomic E-state index is 12.5. The molecule has 68 heavy (non-hydrogen) atoms. The van der Waals surface area contributed by atoms with Crippen molar-refractivity contribution >= 4 is 11.9 Å². The molecule has 0 saturated carbocycles. The van der Waals surface area contributed by atoms with Gasteiger partial charge in [-0.25, -0.2) is 0 Å². The summed E-state index contributed by atoms with van der Waals surface area (Å²) in [6.07, 6.45) is 71.7. The number of hydrogen-bond donors (Lipinski definition) is 3. The Morgan fingerprint density at radius 2 is 0.691 bits per heavy atom. The van der Waals surface area contributed by atoms with Crippen LogP contribution in [0.4, 0.5) is 0 Å². The van der Waals surface area contributed by atoms with Gasteiger partial charge in [0.25, 0.3) is 0 Å². The highest BCUT2D eigenvalue weighted by Gasteiger charge is 2.18. The molecule has 0 fully saturated rings. The van der Waals surface area contributed by atoms with Gasteiger partial charge in [0, 0.05) is 12.8 Å². The lowest BCUT2D eigenvalue weighted by atomic mass is 10.0. The van der Waals surface area contributed by atoms with Gasteiger partial charge in [-0.2, -0.15) is 0 Å². The summed E-state index contributed by atoms with van der Waals surface area (Å²) >= 11 is 0. The number of amides is 1. The third-order valence-electron chi connectivity index (χ3n) is 13.9. The monoisotopic (exact) mass is 956 g/mol. The molecule has 0 aliphatic heterocycles. The van der Waals surface area contributed by atoms with Gasteiger partial charge in [0.05, 0.1) is 25.4 Å². The lowest BCUT2D eigenvalue weighted by molar-refractivity contribution is -0.143. The number of hydrogen-bond acceptors (Lipinski definition) is 5. The minimum absolute atomic E-state index is 0.00602. The number of unbranched alkanes of at least 4 members (excludes halogenated alkanes) is 41. The van der Waals surface area contributed by atoms with Crippen LogP contribution in [0.15, 0.2) is 36.5 Å². The number of aliphatic hydroxyl groups is 2. The molecular formula is C62H117NO5. The number of rotatable bonds is 56. The molecule has 0 bridgehead atoms. The number of esters is 1. The Morgan fingerprint density at radius 3 is 1.04 bits per heavy atom. The smallest absolute Gasteiger partial charge is 0.305 e. The molecule has 0 spiro atoms. The summed E-state index contributed by atoms with van der Waals surface area (Å²) in [6.45, 7) is 4.89. The Labute approximate surface area is 424 Å². The molecule has 3 N–H and O–H groups in total. The largest absolute Gasteiger partial charge is 0.466 e. The first kappa shape index (κ1) is 66.1. The fourth-order valence-corrected chi connectivity index (χ4v) is 9.21. The predicted octanol–water partition coefficient (Wildman–Crippen LogP) is 18.8. The van der Waals surface area contributed by atoms with E-state index in [9.17, 15) is 19.8 Å². The first-order valence-electron chi connectivity index (χ1n) is 30.3. The molecule has 0 aliphatic rings. The van der Waals surface area contributed by atoms with Gasteiger partial charge in [-0.3, -0.25) is 9.59 Å². The first-order valence-corrected chi connectivity index (χ1v) is 30.3. The van der Waals surface area contributed by atoms with E-state index in [1.165, 1.54) is 238 Å². The van der Waals surface area contributed by atoms with Crippen molar-refractivity contribution in [3.8, 4) is 0 Å². The number of ether oxygens (including phenoxy) is 1. The number of aliphatic hydroxyl groups excluding tert-OH is 2. The van der Waals surface area contributed by atoms with E-state index in [1.54, 1.807) is 6.08 Å². The zero-order valence-electron chi connectivity index (χ0n) is 45.6. The summed E-state index contributed by atoms with van der Waals surface area (Å²) in [4.78, 5) is 24.5. The fraction of sp³-hybridized carbons (Fsp3) is 0.871. The van der Waals surface area contributed by atoms with Gasteiger partial charge in [-0.15, -0.1) is 0 Å². The Hall–Kier alpha value is -1.92. The molecule has 0 aromatic rings. The van der Waals surface area contributed by atoms with Crippen LogP contribution in [-0.4, -0.2) is 47.4 Å². The predicted molar refractivity (Wildman–Crippen MR) is 296 cm³/mol. The Bertz CT molecular complexity index is 1100. The second-order valence-electron chi connectivity index (χ2n) is 20.7. The molecule has 2 atom stereocenters. The van der Waals surface area contributed by atoms with E-state index < -0.39 is 12.1 Å². The molecule has 6 heteroatoms. The molecule has 0 heterocycles. The van der Waals surface area contributed by atoms with Crippen LogP contribution in [0.25, 0.3) is 0 Å². The van der Waals surface area contributed by atoms with Crippen molar-refractivity contribution in [3.05, 3.63) is 36.5 Å². The molecule has 1 amide bonds. The van der Waals surface area contributed by atoms with Crippen LogP contribution < -0.4 is 5.32 Å². The van der Waals surface area contributed by atoms with Gasteiger partial charge >= 0.3 is 5.97 Å². The van der Waals surface area contributed by atoms with Crippen LogP contribution >= 0.6 is 0 Å². The van der Waals surface area contributed by atoms with Crippen molar-refractivity contribution in [3.63, 3.8) is 0 Å². The molecule has 6 nitrogen and oxygen atoms in total. The van der Waals surface area contributed by atoms with Crippen LogP contribution in [-0.2, 0) is 14.3 Å². The average Bonchev–Trinajstić information content (AvgIpc) is 3.34. The topological polar surface area (TPSA) is 95.9 Å². The summed E-state index contributed by atoms with van der Waals surface area (Å²) in [6, 6.07) is -0.637. The minimum Gasteiger partial charge on any atom is -0.466 e. The van der Waals surface area contributed by atoms with Gasteiger partial charge in [-0.05, 0) is 83.5 Å². The molecule has 400 valence electrons. The van der Waals surface area contributed by atoms with E-state index in [4.69, 9.17) is 4.74 Å². The molecule has 0 aromatic heterocycles. The highest BCUT2D eigenvalue weighted by molar-refractivity contribution is 5.76. The number of nitrogens with one attached hydrogen (secondary N) is 1. The first-order chi connectivity index (χ1) is 33.5. The Balaban J connectivity index is 3.48. The lowest BCUT2D eigenvalue weighted by Gasteiger charge is -2.20. The van der Waals surface area contributed by atoms with Gasteiger partial charge < -0.3 is 20.3 Å². The summed E-state index contributed by atoms with van der Waals surface area (Å²) in [5, 5.41) is 23.1. The van der Waals surface area contributed by atoms with Crippen molar-refractivity contribution in [2.45, 2.75) is 334 Å². The zero-order valence-corrected chi connectivity index (χ0v) is 45.6. The second kappa shape index (κ2) is 57.7. The second-order valence-corrected chi connectivity index (χ2v) is 20.7. The highest BCUT2D eigenvalue weighted by Crippen LogP contribution is 2.16. The maximum Gasteiger partial charge on any atom is 0.305 e. The van der Waals surface area contributed by atoms with Crippen molar-refractivity contribution in [2.24, 2.45) is 0 Å². The number of carbonyl (C=O) groups excluding carboxylic acids is 2. The molecule has 0 saturated heterocycles. The summed E-state index contributed by atoms with van der Waals surface area (Å²) in [7, 11) is 0. The van der Waals surface area contributed by atoms with Crippen LogP contribution in [0.3, 0.4) is 0 Å². The molecule has 0 aromatic carbocycles. The van der Waals surface area contributed by atoms with E-state index in [-0.39, 0.29) is 18.5 Å². The van der Waals surface area contributed by atoms with Gasteiger partial charge in [0.1, 0.15) is 0 Å². The molecule has 2 unspecified atom stereocenters. The van der Waals surface area contributed by atoms with Crippen LogP contribution in [0, 0.1) is 0 Å². The van der Waals surface area contributed by atoms with Gasteiger partial charge in [0.2, 0.25) is 5.91 Å². The normalized spacial score (nSPS) is 12.8. The molecule has 0 rings (SSSR count). The highest BCUT2D eigenvalue weighted by atomic mass is 16.5. The fourth-order valence-electron chi connectivity index (χ4n) is 9.21. The minimum atomic E-state index is -0.853. The van der Waals surface area contributed by atoms with E-state index in [0.717, 1.165) is 57.8 Å². The van der Waals surface area contributed by atoms with Gasteiger partial charge in [-0.1, -0.05) is 262 Å². The van der Waals surface area contributed by atoms with Crippen LogP contribution in [0.5, 0.6) is 0 Å². The summed E-state index contributed by atoms with van der Waals surface area (Å²) in [5.41, 5.74) is 0. The third-order valence-corrected chi connectivity index (χ3v) is 13.9. The standard InChI is InChI=1S/C62H117NO5/c1-3-5-7-9-11-13-15-17-19-22-26-30-34-38-42-46-50-54-60(65)59(58-64)63-61(66)55-51-47-43-39-35-31-27-24-21-25-29-33-37-41-45-49-53-57-68-62(67)56-52-48-44-40-36-32-28-23-20-18-16-14-12-10-8-6-4-2/h18,20-21,25,50,54,59-60,64-65H,3-17,19,22-24,26-49,51-53,55-58H2,1-2H3,(H,63,66)/b20-18-,25-21-,54-50+. The maximum absolute atomic E-state index is 12.5. The van der Waals surface area contributed by atoms with Crippen LogP contribution in [0.1, 0.15) is 322 Å². The van der Waals surface area contributed by atoms with Crippen molar-refractivity contribution in [1.29, 1.82) is 0 Å². The molecular weight excluding hydrogens is 839 g/mol. The summed E-state index contributed by atoms with van der Waals surface area (Å²) in [5.74, 6) is -0.0848. The van der Waals surface area contributed by atoms with E-state index in [2.05, 4.69) is 43.5 Å². The molecule has 0 radical (unpaired) electrons. The SMILES string of the molecule is CCCCCCCC/C=C\CCCCCCCCCC(=O)OCCCCCCCC/C=C\CCCCCCCCCC(=O)NC(CO)C(O)/C=C/CCCCCCCCCCCCCCCCC. The zero-order chi connectivity index (χ0) is 49.3. The quantitative estimate of drug-likeness (QED) is 0.0321. The third kappa shape index (κ3) is 53.4. The van der Waals surface area contributed by atoms with Crippen LogP contribution in [0.2, 0.25) is 0 Å². The van der Waals surface area contributed by atoms with E-state index >= 15 is 0 Å². The van der Waals surface area contributed by atoms with Gasteiger partial charge in [0.15, 0.2) is 0 Å². The lowest BCUT2D eigenvalue weighted by Crippen LogP contribution is -2.45. The number of carbonyl (C=O) groups is 2. The Kier molecular flexibility index (Phi) is 56.0. The average molecular weight is 957 g/mol. The molecule has 0 aliphatic carbocycles.